The number of nitrogens with one attached hydrogen (secondary N) is 1. The molecule has 0 aliphatic carbocycles. The Labute approximate surface area is 179 Å². The summed E-state index contributed by atoms with van der Waals surface area (Å²) < 4.78 is 7.61. The summed E-state index contributed by atoms with van der Waals surface area (Å²) in [6, 6.07) is 11.9. The fraction of sp³-hybridized carbons (Fsp3) is 0.360. The zero-order valence-corrected chi connectivity index (χ0v) is 18.7. The maximum Gasteiger partial charge on any atom is 0.251 e. The molecule has 0 spiro atoms. The van der Waals surface area contributed by atoms with Crippen molar-refractivity contribution in [3.63, 3.8) is 0 Å². The molecule has 0 saturated carbocycles. The maximum atomic E-state index is 12.8. The quantitative estimate of drug-likeness (QED) is 0.590. The average Bonchev–Trinajstić information content (AvgIpc) is 3.12. The molecule has 1 amide bonds. The van der Waals surface area contributed by atoms with Gasteiger partial charge in [-0.3, -0.25) is 4.79 Å². The molecule has 0 radical (unpaired) electrons. The number of hydrogen-bond acceptors (Lipinski definition) is 3. The van der Waals surface area contributed by atoms with Gasteiger partial charge < -0.3 is 14.6 Å². The topological polar surface area (TPSA) is 56.1 Å². The van der Waals surface area contributed by atoms with Gasteiger partial charge in [-0.25, -0.2) is 4.98 Å². The van der Waals surface area contributed by atoms with Crippen LogP contribution < -0.4 is 10.1 Å². The first-order valence-electron chi connectivity index (χ1n) is 10.4. The molecule has 5 nitrogen and oxygen atoms in total. The predicted molar refractivity (Wildman–Crippen MR) is 120 cm³/mol. The lowest BCUT2D eigenvalue weighted by Gasteiger charge is -2.21. The summed E-state index contributed by atoms with van der Waals surface area (Å²) in [5, 5.41) is 3.14. The number of aryl methyl sites for hydroxylation is 2. The first kappa shape index (κ1) is 21.6. The molecule has 0 aliphatic rings. The molecular weight excluding hydrogens is 374 g/mol. The van der Waals surface area contributed by atoms with E-state index in [-0.39, 0.29) is 11.9 Å². The standard InChI is InChI=1S/C25H31N3O2/c1-16(2)22-14-23(17(3)13-24(22)30-6)18(4)27-25(29)21-9-7-20(8-10-21)15-28-12-11-26-19(28)5/h7-14,16,18H,15H2,1-6H3,(H,27,29). The van der Waals surface area contributed by atoms with E-state index < -0.39 is 0 Å². The van der Waals surface area contributed by atoms with E-state index in [0.29, 0.717) is 11.5 Å². The molecule has 0 bridgehead atoms. The largest absolute Gasteiger partial charge is 0.496 e. The average molecular weight is 406 g/mol. The van der Waals surface area contributed by atoms with Crippen LogP contribution in [-0.2, 0) is 6.54 Å². The molecule has 2 aromatic carbocycles. The first-order valence-corrected chi connectivity index (χ1v) is 10.4. The number of aromatic nitrogens is 2. The lowest BCUT2D eigenvalue weighted by molar-refractivity contribution is 0.0940. The molecule has 0 aliphatic heterocycles. The molecule has 1 unspecified atom stereocenters. The van der Waals surface area contributed by atoms with Gasteiger partial charge >= 0.3 is 0 Å². The van der Waals surface area contributed by atoms with Gasteiger partial charge in [0.05, 0.1) is 13.2 Å². The molecule has 158 valence electrons. The minimum absolute atomic E-state index is 0.0748. The van der Waals surface area contributed by atoms with Crippen molar-refractivity contribution in [2.24, 2.45) is 0 Å². The number of imidazole rings is 1. The molecule has 1 aromatic heterocycles. The van der Waals surface area contributed by atoms with Crippen LogP contribution in [0.5, 0.6) is 5.75 Å². The number of carbonyl (C=O) groups is 1. The molecule has 0 saturated heterocycles. The molecular formula is C25H31N3O2. The summed E-state index contributed by atoms with van der Waals surface area (Å²) >= 11 is 0. The predicted octanol–water partition coefficient (Wildman–Crippen LogP) is 5.17. The fourth-order valence-corrected chi connectivity index (χ4v) is 3.70. The van der Waals surface area contributed by atoms with Crippen molar-refractivity contribution >= 4 is 5.91 Å². The second-order valence-electron chi connectivity index (χ2n) is 8.10. The summed E-state index contributed by atoms with van der Waals surface area (Å²) in [4.78, 5) is 17.1. The Morgan fingerprint density at radius 3 is 2.37 bits per heavy atom. The first-order chi connectivity index (χ1) is 14.3. The highest BCUT2D eigenvalue weighted by molar-refractivity contribution is 5.94. The zero-order chi connectivity index (χ0) is 21.8. The van der Waals surface area contributed by atoms with E-state index in [0.717, 1.165) is 40.4 Å². The van der Waals surface area contributed by atoms with Crippen LogP contribution in [0, 0.1) is 13.8 Å². The van der Waals surface area contributed by atoms with E-state index in [4.69, 9.17) is 4.74 Å². The summed E-state index contributed by atoms with van der Waals surface area (Å²) in [6.07, 6.45) is 3.75. The van der Waals surface area contributed by atoms with Crippen LogP contribution in [0.2, 0.25) is 0 Å². The number of ether oxygens (including phenoxy) is 1. The van der Waals surface area contributed by atoms with Crippen LogP contribution >= 0.6 is 0 Å². The molecule has 5 heteroatoms. The van der Waals surface area contributed by atoms with E-state index in [1.807, 2.05) is 44.3 Å². The van der Waals surface area contributed by atoms with E-state index in [9.17, 15) is 4.79 Å². The Morgan fingerprint density at radius 1 is 1.10 bits per heavy atom. The Kier molecular flexibility index (Phi) is 6.60. The van der Waals surface area contributed by atoms with Crippen molar-refractivity contribution in [3.05, 3.63) is 82.4 Å². The molecule has 3 aromatic rings. The van der Waals surface area contributed by atoms with Gasteiger partial charge in [0, 0.05) is 24.5 Å². The number of benzene rings is 2. The molecule has 30 heavy (non-hydrogen) atoms. The van der Waals surface area contributed by atoms with Crippen LogP contribution in [0.3, 0.4) is 0 Å². The minimum Gasteiger partial charge on any atom is -0.496 e. The van der Waals surface area contributed by atoms with Crippen molar-refractivity contribution in [2.45, 2.75) is 53.1 Å². The normalized spacial score (nSPS) is 12.1. The van der Waals surface area contributed by atoms with Gasteiger partial charge in [-0.15, -0.1) is 0 Å². The van der Waals surface area contributed by atoms with Crippen molar-refractivity contribution < 1.29 is 9.53 Å². The van der Waals surface area contributed by atoms with Crippen LogP contribution in [-0.4, -0.2) is 22.6 Å². The van der Waals surface area contributed by atoms with Gasteiger partial charge in [-0.2, -0.15) is 0 Å². The van der Waals surface area contributed by atoms with E-state index in [1.165, 1.54) is 0 Å². The SMILES string of the molecule is COc1cc(C)c(C(C)NC(=O)c2ccc(Cn3ccnc3C)cc2)cc1C(C)C. The summed E-state index contributed by atoms with van der Waals surface area (Å²) in [6.45, 7) is 11.1. The highest BCUT2D eigenvalue weighted by Gasteiger charge is 2.17. The van der Waals surface area contributed by atoms with E-state index in [1.54, 1.807) is 13.3 Å². The minimum atomic E-state index is -0.103. The van der Waals surface area contributed by atoms with Gasteiger partial charge in [-0.05, 0) is 73.2 Å². The number of methoxy groups -OCH3 is 1. The van der Waals surface area contributed by atoms with Crippen LogP contribution in [0.15, 0.2) is 48.8 Å². The summed E-state index contributed by atoms with van der Waals surface area (Å²) in [5.41, 5.74) is 5.16. The van der Waals surface area contributed by atoms with Gasteiger partial charge in [0.1, 0.15) is 11.6 Å². The van der Waals surface area contributed by atoms with Gasteiger partial charge in [0.15, 0.2) is 0 Å². The second-order valence-corrected chi connectivity index (χ2v) is 8.10. The Bertz CT molecular complexity index is 1020. The number of carbonyl (C=O) groups excluding carboxylic acids is 1. The zero-order valence-electron chi connectivity index (χ0n) is 18.7. The van der Waals surface area contributed by atoms with Crippen molar-refractivity contribution in [3.8, 4) is 5.75 Å². The number of rotatable bonds is 7. The second kappa shape index (κ2) is 9.16. The van der Waals surface area contributed by atoms with Crippen molar-refractivity contribution in [1.29, 1.82) is 0 Å². The number of nitrogens with zero attached hydrogens (tertiary/aromatic N) is 2. The molecule has 1 N–H and O–H groups in total. The van der Waals surface area contributed by atoms with Gasteiger partial charge in [0.25, 0.3) is 5.91 Å². The van der Waals surface area contributed by atoms with Gasteiger partial charge in [-0.1, -0.05) is 26.0 Å². The highest BCUT2D eigenvalue weighted by Crippen LogP contribution is 2.32. The van der Waals surface area contributed by atoms with Crippen LogP contribution in [0.4, 0.5) is 0 Å². The van der Waals surface area contributed by atoms with E-state index >= 15 is 0 Å². The highest BCUT2D eigenvalue weighted by atomic mass is 16.5. The third-order valence-corrected chi connectivity index (χ3v) is 5.55. The maximum absolute atomic E-state index is 12.8. The lowest BCUT2D eigenvalue weighted by Crippen LogP contribution is -2.27. The van der Waals surface area contributed by atoms with Crippen molar-refractivity contribution in [1.82, 2.24) is 14.9 Å². The fourth-order valence-electron chi connectivity index (χ4n) is 3.70. The van der Waals surface area contributed by atoms with Crippen LogP contribution in [0.25, 0.3) is 0 Å². The third-order valence-electron chi connectivity index (χ3n) is 5.55. The lowest BCUT2D eigenvalue weighted by atomic mass is 9.93. The molecule has 1 atom stereocenters. The van der Waals surface area contributed by atoms with E-state index in [2.05, 4.69) is 47.8 Å². The Hall–Kier alpha value is -3.08. The summed E-state index contributed by atoms with van der Waals surface area (Å²) in [7, 11) is 1.70. The smallest absolute Gasteiger partial charge is 0.251 e. The molecule has 0 fully saturated rings. The van der Waals surface area contributed by atoms with Crippen LogP contribution in [0.1, 0.15) is 71.2 Å². The number of amides is 1. The Balaban J connectivity index is 1.72. The third kappa shape index (κ3) is 4.73. The number of hydrogen-bond donors (Lipinski definition) is 1. The summed E-state index contributed by atoms with van der Waals surface area (Å²) in [5.74, 6) is 2.14. The van der Waals surface area contributed by atoms with Gasteiger partial charge in [0.2, 0.25) is 0 Å². The molecule has 3 rings (SSSR count). The van der Waals surface area contributed by atoms with Crippen molar-refractivity contribution in [2.75, 3.05) is 7.11 Å². The monoisotopic (exact) mass is 405 g/mol. The Morgan fingerprint density at radius 2 is 1.80 bits per heavy atom. The molecule has 1 heterocycles.